The van der Waals surface area contributed by atoms with Crippen molar-refractivity contribution in [2.24, 2.45) is 0 Å². The van der Waals surface area contributed by atoms with Gasteiger partial charge in [0.2, 0.25) is 0 Å². The van der Waals surface area contributed by atoms with Crippen molar-refractivity contribution in [3.8, 4) is 0 Å². The number of benzene rings is 1. The summed E-state index contributed by atoms with van der Waals surface area (Å²) in [6, 6.07) is 8.46. The van der Waals surface area contributed by atoms with E-state index < -0.39 is 0 Å². The van der Waals surface area contributed by atoms with Gasteiger partial charge in [-0.2, -0.15) is 0 Å². The molecule has 1 atom stereocenters. The van der Waals surface area contributed by atoms with Crippen molar-refractivity contribution in [3.05, 3.63) is 35.4 Å². The van der Waals surface area contributed by atoms with E-state index in [1.54, 1.807) is 0 Å². The first-order valence-electron chi connectivity index (χ1n) is 6.57. The predicted octanol–water partition coefficient (Wildman–Crippen LogP) is 3.58. The smallest absolute Gasteiger partial charge is 0.315 e. The van der Waals surface area contributed by atoms with Gasteiger partial charge in [-0.25, -0.2) is 4.79 Å². The van der Waals surface area contributed by atoms with Crippen LogP contribution in [0.15, 0.2) is 24.3 Å². The van der Waals surface area contributed by atoms with Gasteiger partial charge in [-0.3, -0.25) is 0 Å². The molecule has 0 unspecified atom stereocenters. The summed E-state index contributed by atoms with van der Waals surface area (Å²) in [5.41, 5.74) is 2.44. The van der Waals surface area contributed by atoms with Crippen LogP contribution in [0.5, 0.6) is 0 Å². The molecule has 0 heterocycles. The summed E-state index contributed by atoms with van der Waals surface area (Å²) < 4.78 is 0. The van der Waals surface area contributed by atoms with E-state index in [9.17, 15) is 4.79 Å². The number of amides is 2. The highest BCUT2D eigenvalue weighted by molar-refractivity contribution is 5.74. The molecule has 3 heteroatoms. The Bertz CT molecular complexity index is 382. The number of rotatable bonds is 4. The van der Waals surface area contributed by atoms with Crippen LogP contribution < -0.4 is 10.6 Å². The second-order valence-electron chi connectivity index (χ2n) is 5.32. The molecule has 0 fully saturated rings. The van der Waals surface area contributed by atoms with Gasteiger partial charge in [-0.1, -0.05) is 38.1 Å². The number of urea groups is 1. The summed E-state index contributed by atoms with van der Waals surface area (Å²) >= 11 is 0. The maximum absolute atomic E-state index is 11.6. The molecule has 0 aliphatic rings. The van der Waals surface area contributed by atoms with E-state index in [4.69, 9.17) is 0 Å². The molecule has 100 valence electrons. The fourth-order valence-electron chi connectivity index (χ4n) is 1.75. The first-order chi connectivity index (χ1) is 8.40. The number of carbonyl (C=O) groups excluding carboxylic acids is 1. The van der Waals surface area contributed by atoms with Crippen LogP contribution in [-0.4, -0.2) is 12.1 Å². The van der Waals surface area contributed by atoms with E-state index >= 15 is 0 Å². The molecule has 1 rings (SSSR count). The van der Waals surface area contributed by atoms with Crippen LogP contribution >= 0.6 is 0 Å². The lowest BCUT2D eigenvalue weighted by atomic mass is 10.00. The van der Waals surface area contributed by atoms with Crippen molar-refractivity contribution < 1.29 is 4.79 Å². The summed E-state index contributed by atoms with van der Waals surface area (Å²) in [5, 5.41) is 5.75. The lowest BCUT2D eigenvalue weighted by Crippen LogP contribution is -2.40. The minimum absolute atomic E-state index is 0.0185. The molecule has 2 amide bonds. The number of nitrogens with one attached hydrogen (secondary N) is 2. The zero-order chi connectivity index (χ0) is 13.7. The Kier molecular flexibility index (Phi) is 5.20. The Balaban J connectivity index is 2.61. The molecule has 0 spiro atoms. The minimum Gasteiger partial charge on any atom is -0.336 e. The summed E-state index contributed by atoms with van der Waals surface area (Å²) in [4.78, 5) is 11.6. The highest BCUT2D eigenvalue weighted by Gasteiger charge is 2.10. The van der Waals surface area contributed by atoms with Crippen molar-refractivity contribution in [2.75, 3.05) is 0 Å². The normalized spacial score (nSPS) is 12.6. The Hall–Kier alpha value is -1.51. The monoisotopic (exact) mass is 248 g/mol. The van der Waals surface area contributed by atoms with Gasteiger partial charge in [0, 0.05) is 6.04 Å². The maximum Gasteiger partial charge on any atom is 0.315 e. The van der Waals surface area contributed by atoms with Gasteiger partial charge in [-0.15, -0.1) is 0 Å². The minimum atomic E-state index is -0.120. The Morgan fingerprint density at radius 2 is 1.39 bits per heavy atom. The summed E-state index contributed by atoms with van der Waals surface area (Å²) in [6.45, 7) is 10.2. The van der Waals surface area contributed by atoms with Crippen LogP contribution in [0.25, 0.3) is 0 Å². The number of hydrogen-bond donors (Lipinski definition) is 2. The average molecular weight is 248 g/mol. The van der Waals surface area contributed by atoms with Gasteiger partial charge in [-0.05, 0) is 37.8 Å². The van der Waals surface area contributed by atoms with E-state index in [2.05, 4.69) is 48.7 Å². The second kappa shape index (κ2) is 6.43. The fourth-order valence-corrected chi connectivity index (χ4v) is 1.75. The standard InChI is InChI=1S/C15H24N2O/c1-10(2)13-6-8-14(9-7-13)12(5)17-15(18)16-11(3)4/h6-12H,1-5H3,(H2,16,17,18)/t12-/m1/s1. The molecule has 18 heavy (non-hydrogen) atoms. The Labute approximate surface area is 110 Å². The molecule has 1 aromatic rings. The Morgan fingerprint density at radius 3 is 1.83 bits per heavy atom. The molecule has 0 radical (unpaired) electrons. The van der Waals surface area contributed by atoms with Crippen LogP contribution in [0.3, 0.4) is 0 Å². The molecule has 2 N–H and O–H groups in total. The highest BCUT2D eigenvalue weighted by atomic mass is 16.2. The third-order valence-electron chi connectivity index (χ3n) is 2.87. The molecule has 0 saturated carbocycles. The zero-order valence-corrected chi connectivity index (χ0v) is 11.9. The quantitative estimate of drug-likeness (QED) is 0.840. The van der Waals surface area contributed by atoms with Gasteiger partial charge < -0.3 is 10.6 Å². The summed E-state index contributed by atoms with van der Waals surface area (Å²) in [5.74, 6) is 0.534. The first-order valence-corrected chi connectivity index (χ1v) is 6.57. The van der Waals surface area contributed by atoms with E-state index in [0.717, 1.165) is 5.56 Å². The first kappa shape index (κ1) is 14.6. The molecule has 0 saturated heterocycles. The van der Waals surface area contributed by atoms with Crippen LogP contribution in [0.4, 0.5) is 4.79 Å². The summed E-state index contributed by atoms with van der Waals surface area (Å²) in [7, 11) is 0. The van der Waals surface area contributed by atoms with Crippen LogP contribution in [0, 0.1) is 0 Å². The lowest BCUT2D eigenvalue weighted by Gasteiger charge is -2.17. The van der Waals surface area contributed by atoms with Crippen molar-refractivity contribution >= 4 is 6.03 Å². The molecule has 0 bridgehead atoms. The summed E-state index contributed by atoms with van der Waals surface area (Å²) in [6.07, 6.45) is 0. The van der Waals surface area contributed by atoms with Crippen molar-refractivity contribution in [1.29, 1.82) is 0 Å². The van der Waals surface area contributed by atoms with E-state index in [1.165, 1.54) is 5.56 Å². The highest BCUT2D eigenvalue weighted by Crippen LogP contribution is 2.18. The number of hydrogen-bond acceptors (Lipinski definition) is 1. The van der Waals surface area contributed by atoms with Gasteiger partial charge in [0.15, 0.2) is 0 Å². The van der Waals surface area contributed by atoms with Gasteiger partial charge in [0.25, 0.3) is 0 Å². The zero-order valence-electron chi connectivity index (χ0n) is 11.9. The topological polar surface area (TPSA) is 41.1 Å². The van der Waals surface area contributed by atoms with Crippen molar-refractivity contribution in [2.45, 2.75) is 52.6 Å². The van der Waals surface area contributed by atoms with E-state index in [-0.39, 0.29) is 18.1 Å². The predicted molar refractivity (Wildman–Crippen MR) is 75.7 cm³/mol. The number of carbonyl (C=O) groups is 1. The van der Waals surface area contributed by atoms with Gasteiger partial charge >= 0.3 is 6.03 Å². The molecular formula is C15H24N2O. The lowest BCUT2D eigenvalue weighted by molar-refractivity contribution is 0.235. The largest absolute Gasteiger partial charge is 0.336 e. The van der Waals surface area contributed by atoms with Crippen molar-refractivity contribution in [1.82, 2.24) is 10.6 Å². The SMILES string of the molecule is CC(C)NC(=O)N[C@H](C)c1ccc(C(C)C)cc1. The molecule has 0 aliphatic heterocycles. The molecule has 3 nitrogen and oxygen atoms in total. The van der Waals surface area contributed by atoms with Crippen LogP contribution in [0.1, 0.15) is 57.7 Å². The third-order valence-corrected chi connectivity index (χ3v) is 2.87. The van der Waals surface area contributed by atoms with E-state index in [0.29, 0.717) is 5.92 Å². The second-order valence-corrected chi connectivity index (χ2v) is 5.32. The average Bonchev–Trinajstić information content (AvgIpc) is 2.27. The van der Waals surface area contributed by atoms with E-state index in [1.807, 2.05) is 20.8 Å². The third kappa shape index (κ3) is 4.40. The van der Waals surface area contributed by atoms with Gasteiger partial charge in [0.1, 0.15) is 0 Å². The van der Waals surface area contributed by atoms with Crippen LogP contribution in [0.2, 0.25) is 0 Å². The maximum atomic E-state index is 11.6. The molecule has 0 aliphatic carbocycles. The van der Waals surface area contributed by atoms with Crippen molar-refractivity contribution in [3.63, 3.8) is 0 Å². The molecule has 1 aromatic carbocycles. The fraction of sp³-hybridized carbons (Fsp3) is 0.533. The molecule has 0 aromatic heterocycles. The van der Waals surface area contributed by atoms with Gasteiger partial charge in [0.05, 0.1) is 6.04 Å². The Morgan fingerprint density at radius 1 is 0.889 bits per heavy atom. The van der Waals surface area contributed by atoms with Crippen LogP contribution in [-0.2, 0) is 0 Å². The molecular weight excluding hydrogens is 224 g/mol.